The van der Waals surface area contributed by atoms with Crippen molar-refractivity contribution in [3.8, 4) is 0 Å². The molecule has 1 N–H and O–H groups in total. The molecule has 0 amide bonds. The zero-order chi connectivity index (χ0) is 14.8. The number of anilines is 1. The first kappa shape index (κ1) is 14.3. The summed E-state index contributed by atoms with van der Waals surface area (Å²) in [6.45, 7) is 4.85. The van der Waals surface area contributed by atoms with Gasteiger partial charge < -0.3 is 5.32 Å². The zero-order valence-corrected chi connectivity index (χ0v) is 13.3. The average molecular weight is 319 g/mol. The molecule has 2 aromatic heterocycles. The molecule has 3 rings (SSSR count). The number of nitrogens with zero attached hydrogens (tertiary/aromatic N) is 2. The van der Waals surface area contributed by atoms with Crippen LogP contribution in [0.2, 0.25) is 0 Å². The van der Waals surface area contributed by atoms with Gasteiger partial charge in [0.2, 0.25) is 5.95 Å². The van der Waals surface area contributed by atoms with Crippen molar-refractivity contribution in [1.29, 1.82) is 0 Å². The average Bonchev–Trinajstić information content (AvgIpc) is 2.82. The van der Waals surface area contributed by atoms with Gasteiger partial charge in [0, 0.05) is 21.7 Å². The van der Waals surface area contributed by atoms with Crippen LogP contribution in [0.1, 0.15) is 11.8 Å². The molecule has 0 aliphatic carbocycles. The highest BCUT2D eigenvalue weighted by molar-refractivity contribution is 7.99. The standard InChI is InChI=1S/C15H14FN3S2/c1-3-17-15-18-13-12(8-9(2)20-13)14(19-15)21-11-6-4-10(16)5-7-11/h4-8H,3H2,1-2H3,(H,17,18,19). The third-order valence-electron chi connectivity index (χ3n) is 2.84. The van der Waals surface area contributed by atoms with Crippen molar-refractivity contribution >= 4 is 39.3 Å². The molecule has 0 aliphatic rings. The molecule has 0 atom stereocenters. The minimum Gasteiger partial charge on any atom is -0.354 e. The largest absolute Gasteiger partial charge is 0.354 e. The van der Waals surface area contributed by atoms with Crippen LogP contribution < -0.4 is 5.32 Å². The fourth-order valence-corrected chi connectivity index (χ4v) is 3.78. The van der Waals surface area contributed by atoms with Crippen LogP contribution in [0.25, 0.3) is 10.2 Å². The van der Waals surface area contributed by atoms with Gasteiger partial charge >= 0.3 is 0 Å². The molecule has 1 aromatic carbocycles. The van der Waals surface area contributed by atoms with Crippen molar-refractivity contribution in [3.63, 3.8) is 0 Å². The summed E-state index contributed by atoms with van der Waals surface area (Å²) in [5, 5.41) is 5.10. The minimum absolute atomic E-state index is 0.230. The number of thiophene rings is 1. The Kier molecular flexibility index (Phi) is 4.07. The van der Waals surface area contributed by atoms with Gasteiger partial charge in [-0.3, -0.25) is 0 Å². The van der Waals surface area contributed by atoms with Gasteiger partial charge in [0.1, 0.15) is 15.7 Å². The number of hydrogen-bond acceptors (Lipinski definition) is 5. The Labute approximate surface area is 130 Å². The molecule has 3 nitrogen and oxygen atoms in total. The summed E-state index contributed by atoms with van der Waals surface area (Å²) in [4.78, 5) is 12.2. The van der Waals surface area contributed by atoms with E-state index in [0.29, 0.717) is 5.95 Å². The van der Waals surface area contributed by atoms with Crippen molar-refractivity contribution in [2.45, 2.75) is 23.8 Å². The Hall–Kier alpha value is -1.66. The number of halogens is 1. The van der Waals surface area contributed by atoms with Gasteiger partial charge in [-0.2, -0.15) is 0 Å². The lowest BCUT2D eigenvalue weighted by molar-refractivity contribution is 0.626. The van der Waals surface area contributed by atoms with Crippen LogP contribution in [0, 0.1) is 12.7 Å². The summed E-state index contributed by atoms with van der Waals surface area (Å²) >= 11 is 3.18. The molecule has 0 aliphatic heterocycles. The normalized spacial score (nSPS) is 11.0. The SMILES string of the molecule is CCNc1nc(Sc2ccc(F)cc2)c2cc(C)sc2n1. The van der Waals surface area contributed by atoms with Crippen LogP contribution in [-0.4, -0.2) is 16.5 Å². The lowest BCUT2D eigenvalue weighted by Gasteiger charge is -2.06. The van der Waals surface area contributed by atoms with Gasteiger partial charge in [-0.15, -0.1) is 11.3 Å². The van der Waals surface area contributed by atoms with Crippen molar-refractivity contribution < 1.29 is 4.39 Å². The summed E-state index contributed by atoms with van der Waals surface area (Å²) in [6.07, 6.45) is 0. The summed E-state index contributed by atoms with van der Waals surface area (Å²) in [5.74, 6) is 0.406. The molecule has 0 unspecified atom stereocenters. The van der Waals surface area contributed by atoms with E-state index >= 15 is 0 Å². The fourth-order valence-electron chi connectivity index (χ4n) is 1.95. The summed E-state index contributed by atoms with van der Waals surface area (Å²) in [5.41, 5.74) is 0. The van der Waals surface area contributed by atoms with E-state index < -0.39 is 0 Å². The van der Waals surface area contributed by atoms with Crippen LogP contribution in [-0.2, 0) is 0 Å². The topological polar surface area (TPSA) is 37.8 Å². The molecular weight excluding hydrogens is 305 g/mol. The van der Waals surface area contributed by atoms with E-state index in [1.54, 1.807) is 23.5 Å². The zero-order valence-electron chi connectivity index (χ0n) is 11.7. The fraction of sp³-hybridized carbons (Fsp3) is 0.200. The van der Waals surface area contributed by atoms with Gasteiger partial charge in [-0.05, 0) is 44.2 Å². The Morgan fingerprint density at radius 2 is 2.00 bits per heavy atom. The summed E-state index contributed by atoms with van der Waals surface area (Å²) < 4.78 is 13.0. The molecule has 0 spiro atoms. The van der Waals surface area contributed by atoms with Crippen molar-refractivity contribution in [1.82, 2.24) is 9.97 Å². The number of aromatic nitrogens is 2. The number of rotatable bonds is 4. The van der Waals surface area contributed by atoms with E-state index in [0.717, 1.165) is 26.7 Å². The van der Waals surface area contributed by atoms with E-state index in [4.69, 9.17) is 0 Å². The van der Waals surface area contributed by atoms with Crippen LogP contribution in [0.3, 0.4) is 0 Å². The second-order valence-corrected chi connectivity index (χ2v) is 6.81. The van der Waals surface area contributed by atoms with Crippen LogP contribution in [0.15, 0.2) is 40.3 Å². The van der Waals surface area contributed by atoms with E-state index in [2.05, 4.69) is 28.3 Å². The van der Waals surface area contributed by atoms with E-state index in [9.17, 15) is 4.39 Å². The highest BCUT2D eigenvalue weighted by Crippen LogP contribution is 2.35. The van der Waals surface area contributed by atoms with Crippen LogP contribution in [0.5, 0.6) is 0 Å². The first-order valence-corrected chi connectivity index (χ1v) is 8.24. The molecular formula is C15H14FN3S2. The van der Waals surface area contributed by atoms with E-state index in [1.807, 2.05) is 6.92 Å². The molecule has 2 heterocycles. The Morgan fingerprint density at radius 3 is 2.71 bits per heavy atom. The number of aryl methyl sites for hydroxylation is 1. The van der Waals surface area contributed by atoms with Gasteiger partial charge in [0.25, 0.3) is 0 Å². The Bertz CT molecular complexity index is 768. The first-order valence-electron chi connectivity index (χ1n) is 6.61. The van der Waals surface area contributed by atoms with Gasteiger partial charge in [0.05, 0.1) is 0 Å². The number of hydrogen-bond donors (Lipinski definition) is 1. The second kappa shape index (κ2) is 5.99. The second-order valence-electron chi connectivity index (χ2n) is 4.51. The molecule has 6 heteroatoms. The van der Waals surface area contributed by atoms with E-state index in [-0.39, 0.29) is 5.82 Å². The van der Waals surface area contributed by atoms with Crippen molar-refractivity contribution in [3.05, 3.63) is 41.0 Å². The van der Waals surface area contributed by atoms with Crippen molar-refractivity contribution in [2.24, 2.45) is 0 Å². The first-order chi connectivity index (χ1) is 10.2. The molecule has 3 aromatic rings. The third kappa shape index (κ3) is 3.16. The molecule has 0 saturated carbocycles. The van der Waals surface area contributed by atoms with Crippen LogP contribution in [0.4, 0.5) is 10.3 Å². The van der Waals surface area contributed by atoms with Crippen molar-refractivity contribution in [2.75, 3.05) is 11.9 Å². The lowest BCUT2D eigenvalue weighted by Crippen LogP contribution is -2.02. The molecule has 0 radical (unpaired) electrons. The lowest BCUT2D eigenvalue weighted by atomic mass is 10.3. The third-order valence-corrected chi connectivity index (χ3v) is 4.80. The van der Waals surface area contributed by atoms with Gasteiger partial charge in [0.15, 0.2) is 0 Å². The summed E-state index contributed by atoms with van der Waals surface area (Å²) in [7, 11) is 0. The monoisotopic (exact) mass is 319 g/mol. The summed E-state index contributed by atoms with van der Waals surface area (Å²) in [6, 6.07) is 8.55. The highest BCUT2D eigenvalue weighted by atomic mass is 32.2. The quantitative estimate of drug-likeness (QED) is 0.706. The Balaban J connectivity index is 2.04. The predicted octanol–water partition coefficient (Wildman–Crippen LogP) is 4.72. The van der Waals surface area contributed by atoms with E-state index in [1.165, 1.54) is 28.8 Å². The predicted molar refractivity (Wildman–Crippen MR) is 86.8 cm³/mol. The number of benzene rings is 1. The molecule has 0 bridgehead atoms. The smallest absolute Gasteiger partial charge is 0.225 e. The molecule has 108 valence electrons. The molecule has 0 fully saturated rings. The highest BCUT2D eigenvalue weighted by Gasteiger charge is 2.11. The molecule has 21 heavy (non-hydrogen) atoms. The molecule has 0 saturated heterocycles. The minimum atomic E-state index is -0.230. The maximum atomic E-state index is 13.0. The van der Waals surface area contributed by atoms with Gasteiger partial charge in [-0.25, -0.2) is 14.4 Å². The Morgan fingerprint density at radius 1 is 1.24 bits per heavy atom. The van der Waals surface area contributed by atoms with Crippen LogP contribution >= 0.6 is 23.1 Å². The number of nitrogens with one attached hydrogen (secondary N) is 1. The number of fused-ring (bicyclic) bond motifs is 1. The maximum Gasteiger partial charge on any atom is 0.225 e. The maximum absolute atomic E-state index is 13.0. The van der Waals surface area contributed by atoms with Gasteiger partial charge in [-0.1, -0.05) is 11.8 Å².